The Morgan fingerprint density at radius 3 is 2.81 bits per heavy atom. The fourth-order valence-electron chi connectivity index (χ4n) is 1.61. The molecule has 0 aliphatic heterocycles. The zero-order valence-electron chi connectivity index (χ0n) is 11.5. The lowest BCUT2D eigenvalue weighted by Gasteiger charge is -2.09. The molecule has 1 aromatic carbocycles. The van der Waals surface area contributed by atoms with Gasteiger partial charge in [0.1, 0.15) is 5.69 Å². The molecule has 21 heavy (non-hydrogen) atoms. The summed E-state index contributed by atoms with van der Waals surface area (Å²) in [6.07, 6.45) is 0.304. The highest BCUT2D eigenvalue weighted by Gasteiger charge is 2.12. The number of hydrogen-bond donors (Lipinski definition) is 2. The summed E-state index contributed by atoms with van der Waals surface area (Å²) in [5, 5.41) is 5.43. The van der Waals surface area contributed by atoms with Crippen molar-refractivity contribution in [2.24, 2.45) is 5.73 Å². The molecule has 2 amide bonds. The first-order valence-corrected chi connectivity index (χ1v) is 8.16. The van der Waals surface area contributed by atoms with Crippen molar-refractivity contribution in [2.45, 2.75) is 18.2 Å². The number of anilines is 1. The highest BCUT2D eigenvalue weighted by Crippen LogP contribution is 2.27. The van der Waals surface area contributed by atoms with Crippen molar-refractivity contribution in [3.8, 4) is 0 Å². The van der Waals surface area contributed by atoms with Crippen molar-refractivity contribution in [3.05, 3.63) is 40.3 Å². The average Bonchev–Trinajstić information content (AvgIpc) is 2.87. The molecule has 0 atom stereocenters. The monoisotopic (exact) mass is 321 g/mol. The van der Waals surface area contributed by atoms with E-state index in [0.717, 1.165) is 9.90 Å². The van der Waals surface area contributed by atoms with Crippen LogP contribution in [0.2, 0.25) is 0 Å². The van der Waals surface area contributed by atoms with Crippen molar-refractivity contribution >= 4 is 40.6 Å². The van der Waals surface area contributed by atoms with Crippen LogP contribution in [0.5, 0.6) is 0 Å². The number of aromatic nitrogens is 1. The van der Waals surface area contributed by atoms with E-state index in [-0.39, 0.29) is 11.8 Å². The van der Waals surface area contributed by atoms with Crippen LogP contribution in [0.15, 0.2) is 34.5 Å². The van der Waals surface area contributed by atoms with E-state index in [1.807, 2.05) is 31.2 Å². The van der Waals surface area contributed by atoms with Gasteiger partial charge in [-0.2, -0.15) is 0 Å². The summed E-state index contributed by atoms with van der Waals surface area (Å²) in [5.41, 5.74) is 6.25. The maximum absolute atomic E-state index is 12.1. The number of primary amides is 1. The molecule has 0 aliphatic rings. The van der Waals surface area contributed by atoms with Crippen LogP contribution in [0.3, 0.4) is 0 Å². The van der Waals surface area contributed by atoms with Crippen LogP contribution < -0.4 is 11.1 Å². The maximum atomic E-state index is 12.1. The molecule has 0 unspecified atom stereocenters. The molecular formula is C14H15N3O2S2. The Morgan fingerprint density at radius 2 is 2.14 bits per heavy atom. The van der Waals surface area contributed by atoms with Gasteiger partial charge < -0.3 is 11.1 Å². The lowest BCUT2D eigenvalue weighted by atomic mass is 10.3. The third kappa shape index (κ3) is 4.57. The normalized spacial score (nSPS) is 10.3. The van der Waals surface area contributed by atoms with Gasteiger partial charge in [-0.05, 0) is 19.1 Å². The van der Waals surface area contributed by atoms with E-state index < -0.39 is 0 Å². The Kier molecular flexibility index (Phi) is 5.35. The van der Waals surface area contributed by atoms with Crippen LogP contribution in [-0.2, 0) is 4.79 Å². The summed E-state index contributed by atoms with van der Waals surface area (Å²) >= 11 is 2.92. The summed E-state index contributed by atoms with van der Waals surface area (Å²) < 4.78 is 0. The van der Waals surface area contributed by atoms with Gasteiger partial charge in [0.05, 0.1) is 10.7 Å². The van der Waals surface area contributed by atoms with Gasteiger partial charge in [-0.3, -0.25) is 9.59 Å². The van der Waals surface area contributed by atoms with Crippen molar-refractivity contribution in [2.75, 3.05) is 11.1 Å². The van der Waals surface area contributed by atoms with Crippen molar-refractivity contribution < 1.29 is 9.59 Å². The van der Waals surface area contributed by atoms with Crippen LogP contribution in [0.1, 0.15) is 21.9 Å². The zero-order valence-corrected chi connectivity index (χ0v) is 13.1. The molecular weight excluding hydrogens is 306 g/mol. The number of benzene rings is 1. The number of carbonyl (C=O) groups excluding carboxylic acids is 2. The Hall–Kier alpha value is -1.86. The molecule has 7 heteroatoms. The number of amides is 2. The van der Waals surface area contributed by atoms with Crippen LogP contribution in [0.25, 0.3) is 0 Å². The minimum Gasteiger partial charge on any atom is -0.370 e. The van der Waals surface area contributed by atoms with Gasteiger partial charge in [-0.25, -0.2) is 4.98 Å². The zero-order chi connectivity index (χ0) is 15.2. The second-order valence-corrected chi connectivity index (χ2v) is 6.47. The Labute approximate surface area is 131 Å². The number of nitrogens with zero attached hydrogens (tertiary/aromatic N) is 1. The predicted molar refractivity (Wildman–Crippen MR) is 85.8 cm³/mol. The number of hydrogen-bond acceptors (Lipinski definition) is 5. The molecule has 110 valence electrons. The van der Waals surface area contributed by atoms with Crippen molar-refractivity contribution in [1.29, 1.82) is 0 Å². The van der Waals surface area contributed by atoms with Gasteiger partial charge >= 0.3 is 0 Å². The van der Waals surface area contributed by atoms with E-state index in [0.29, 0.717) is 23.6 Å². The second-order valence-electron chi connectivity index (χ2n) is 4.27. The van der Waals surface area contributed by atoms with Crippen LogP contribution in [0.4, 0.5) is 5.69 Å². The lowest BCUT2D eigenvalue weighted by molar-refractivity contribution is -0.117. The molecule has 0 radical (unpaired) electrons. The number of nitrogens with two attached hydrogens (primary N) is 1. The molecule has 0 spiro atoms. The summed E-state index contributed by atoms with van der Waals surface area (Å²) in [6, 6.07) is 7.45. The number of thioether (sulfide) groups is 1. The van der Waals surface area contributed by atoms with Gasteiger partial charge in [-0.15, -0.1) is 23.1 Å². The van der Waals surface area contributed by atoms with E-state index >= 15 is 0 Å². The number of nitrogens with one attached hydrogen (secondary N) is 1. The Morgan fingerprint density at radius 1 is 1.38 bits per heavy atom. The lowest BCUT2D eigenvalue weighted by Crippen LogP contribution is -2.13. The third-order valence-corrected chi connectivity index (χ3v) is 4.44. The first-order valence-electron chi connectivity index (χ1n) is 6.30. The van der Waals surface area contributed by atoms with E-state index in [9.17, 15) is 9.59 Å². The van der Waals surface area contributed by atoms with Crippen molar-refractivity contribution in [1.82, 2.24) is 4.98 Å². The fraction of sp³-hybridized carbons (Fsp3) is 0.214. The predicted octanol–water partition coefficient (Wildman–Crippen LogP) is 2.67. The van der Waals surface area contributed by atoms with Gasteiger partial charge in [-0.1, -0.05) is 12.1 Å². The molecule has 0 aliphatic carbocycles. The molecule has 1 heterocycles. The van der Waals surface area contributed by atoms with E-state index in [1.54, 1.807) is 5.38 Å². The third-order valence-electron chi connectivity index (χ3n) is 2.59. The van der Waals surface area contributed by atoms with E-state index in [2.05, 4.69) is 10.3 Å². The molecule has 2 aromatic rings. The molecule has 5 nitrogen and oxygen atoms in total. The van der Waals surface area contributed by atoms with E-state index in [1.165, 1.54) is 23.1 Å². The SMILES string of the molecule is Cc1nc(C(=O)Nc2ccccc2SCCC(N)=O)cs1. The van der Waals surface area contributed by atoms with Gasteiger partial charge in [0.15, 0.2) is 0 Å². The molecule has 0 saturated carbocycles. The quantitative estimate of drug-likeness (QED) is 0.801. The fourth-order valence-corrected chi connectivity index (χ4v) is 3.18. The topological polar surface area (TPSA) is 85.1 Å². The molecule has 1 aromatic heterocycles. The largest absolute Gasteiger partial charge is 0.370 e. The Bertz CT molecular complexity index is 655. The minimum atomic E-state index is -0.332. The van der Waals surface area contributed by atoms with Crippen LogP contribution in [-0.4, -0.2) is 22.6 Å². The van der Waals surface area contributed by atoms with Crippen LogP contribution >= 0.6 is 23.1 Å². The standard InChI is InChI=1S/C14H15N3O2S2/c1-9-16-11(8-21-9)14(19)17-10-4-2-3-5-12(10)20-7-6-13(15)18/h2-5,8H,6-7H2,1H3,(H2,15,18)(H,17,19). The van der Waals surface area contributed by atoms with Gasteiger partial charge in [0, 0.05) is 22.4 Å². The smallest absolute Gasteiger partial charge is 0.275 e. The molecule has 0 bridgehead atoms. The first-order chi connectivity index (χ1) is 10.1. The minimum absolute atomic E-state index is 0.234. The summed E-state index contributed by atoms with van der Waals surface area (Å²) in [5.74, 6) is 0.0159. The number of rotatable bonds is 6. The van der Waals surface area contributed by atoms with Crippen LogP contribution in [0, 0.1) is 6.92 Å². The summed E-state index contributed by atoms with van der Waals surface area (Å²) in [7, 11) is 0. The highest BCUT2D eigenvalue weighted by molar-refractivity contribution is 7.99. The highest BCUT2D eigenvalue weighted by atomic mass is 32.2. The molecule has 0 saturated heterocycles. The van der Waals surface area contributed by atoms with Gasteiger partial charge in [0.2, 0.25) is 5.91 Å². The number of thiazole rings is 1. The number of aryl methyl sites for hydroxylation is 1. The second kappa shape index (κ2) is 7.24. The molecule has 3 N–H and O–H groups in total. The van der Waals surface area contributed by atoms with E-state index in [4.69, 9.17) is 5.73 Å². The number of para-hydroxylation sites is 1. The first kappa shape index (κ1) is 15.5. The maximum Gasteiger partial charge on any atom is 0.275 e. The van der Waals surface area contributed by atoms with Gasteiger partial charge in [0.25, 0.3) is 5.91 Å². The summed E-state index contributed by atoms with van der Waals surface area (Å²) in [4.78, 5) is 27.9. The molecule has 2 rings (SSSR count). The average molecular weight is 321 g/mol. The van der Waals surface area contributed by atoms with Crippen molar-refractivity contribution in [3.63, 3.8) is 0 Å². The molecule has 0 fully saturated rings. The summed E-state index contributed by atoms with van der Waals surface area (Å²) in [6.45, 7) is 1.86. The number of carbonyl (C=O) groups is 2. The Balaban J connectivity index is 2.05.